The van der Waals surface area contributed by atoms with Crippen LogP contribution in [0, 0.1) is 0 Å². The molecule has 8 heteroatoms. The lowest BCUT2D eigenvalue weighted by atomic mass is 10.0. The normalized spacial score (nSPS) is 15.1. The number of allylic oxidation sites excluding steroid dienone is 1. The average Bonchev–Trinajstić information content (AvgIpc) is 2.98. The molecule has 0 aliphatic carbocycles. The Morgan fingerprint density at radius 1 is 1.23 bits per heavy atom. The van der Waals surface area contributed by atoms with Crippen molar-refractivity contribution in [1.29, 1.82) is 0 Å². The van der Waals surface area contributed by atoms with Gasteiger partial charge in [-0.25, -0.2) is 0 Å². The van der Waals surface area contributed by atoms with Crippen LogP contribution in [0.3, 0.4) is 0 Å². The molecule has 3 rings (SSSR count). The Morgan fingerprint density at radius 2 is 2.00 bits per heavy atom. The van der Waals surface area contributed by atoms with E-state index in [-0.39, 0.29) is 5.91 Å². The second-order valence-corrected chi connectivity index (χ2v) is 8.74. The van der Waals surface area contributed by atoms with E-state index in [0.29, 0.717) is 49.5 Å². The number of ether oxygens (including phenoxy) is 2. The number of nitrogens with zero attached hydrogens (tertiary/aromatic N) is 1. The molecule has 1 aliphatic rings. The highest BCUT2D eigenvalue weighted by atomic mass is 35.5. The molecule has 1 amide bonds. The SMILES string of the molecule is C=CCc1cc(/C=C2\SC(=S)N(c3ccc(Cl)c(Cl)c3)C2=O)cc(OCC)c1OC. The maximum atomic E-state index is 13.1. The van der Waals surface area contributed by atoms with Crippen molar-refractivity contribution in [2.24, 2.45) is 0 Å². The zero-order valence-electron chi connectivity index (χ0n) is 16.4. The maximum absolute atomic E-state index is 13.1. The number of hydrogen-bond acceptors (Lipinski definition) is 5. The molecule has 2 aromatic rings. The van der Waals surface area contributed by atoms with Crippen molar-refractivity contribution < 1.29 is 14.3 Å². The van der Waals surface area contributed by atoms with Crippen molar-refractivity contribution in [2.45, 2.75) is 13.3 Å². The minimum Gasteiger partial charge on any atom is -0.493 e. The van der Waals surface area contributed by atoms with Crippen molar-refractivity contribution in [3.05, 3.63) is 69.1 Å². The first kappa shape index (κ1) is 22.7. The number of methoxy groups -OCH3 is 1. The van der Waals surface area contributed by atoms with Gasteiger partial charge in [-0.15, -0.1) is 6.58 Å². The zero-order chi connectivity index (χ0) is 21.8. The number of halogens is 2. The Hall–Kier alpha value is -1.99. The first-order valence-corrected chi connectivity index (χ1v) is 11.0. The van der Waals surface area contributed by atoms with Gasteiger partial charge in [-0.3, -0.25) is 9.69 Å². The van der Waals surface area contributed by atoms with Crippen LogP contribution in [-0.4, -0.2) is 23.9 Å². The molecule has 156 valence electrons. The molecule has 0 unspecified atom stereocenters. The summed E-state index contributed by atoms with van der Waals surface area (Å²) in [5, 5.41) is 0.774. The number of carbonyl (C=O) groups is 1. The number of benzene rings is 2. The van der Waals surface area contributed by atoms with Crippen molar-refractivity contribution in [2.75, 3.05) is 18.6 Å². The highest BCUT2D eigenvalue weighted by molar-refractivity contribution is 8.27. The van der Waals surface area contributed by atoms with Gasteiger partial charge in [-0.1, -0.05) is 53.3 Å². The van der Waals surface area contributed by atoms with E-state index >= 15 is 0 Å². The third-order valence-electron chi connectivity index (χ3n) is 4.28. The molecular formula is C22H19Cl2NO3S2. The van der Waals surface area contributed by atoms with Gasteiger partial charge in [0.05, 0.1) is 34.4 Å². The zero-order valence-corrected chi connectivity index (χ0v) is 19.6. The van der Waals surface area contributed by atoms with Gasteiger partial charge >= 0.3 is 0 Å². The summed E-state index contributed by atoms with van der Waals surface area (Å²) >= 11 is 18.8. The molecule has 1 fully saturated rings. The van der Waals surface area contributed by atoms with E-state index in [1.54, 1.807) is 37.5 Å². The average molecular weight is 480 g/mol. The Morgan fingerprint density at radius 3 is 2.63 bits per heavy atom. The first-order valence-electron chi connectivity index (χ1n) is 9.07. The summed E-state index contributed by atoms with van der Waals surface area (Å²) < 4.78 is 11.7. The van der Waals surface area contributed by atoms with Crippen LogP contribution in [0.25, 0.3) is 6.08 Å². The molecule has 1 saturated heterocycles. The third kappa shape index (κ3) is 4.67. The molecule has 4 nitrogen and oxygen atoms in total. The molecule has 1 aliphatic heterocycles. The van der Waals surface area contributed by atoms with Crippen molar-refractivity contribution in [1.82, 2.24) is 0 Å². The van der Waals surface area contributed by atoms with Crippen molar-refractivity contribution in [3.8, 4) is 11.5 Å². The largest absolute Gasteiger partial charge is 0.493 e. The van der Waals surface area contributed by atoms with Gasteiger partial charge in [0.2, 0.25) is 0 Å². The van der Waals surface area contributed by atoms with Gasteiger partial charge < -0.3 is 9.47 Å². The number of amides is 1. The smallest absolute Gasteiger partial charge is 0.270 e. The molecule has 30 heavy (non-hydrogen) atoms. The third-order valence-corrected chi connectivity index (χ3v) is 6.32. The van der Waals surface area contributed by atoms with Gasteiger partial charge in [0, 0.05) is 5.56 Å². The van der Waals surface area contributed by atoms with E-state index in [1.165, 1.54) is 16.7 Å². The molecular weight excluding hydrogens is 461 g/mol. The van der Waals surface area contributed by atoms with E-state index in [4.69, 9.17) is 44.9 Å². The number of rotatable bonds is 7. The fourth-order valence-electron chi connectivity index (χ4n) is 3.03. The van der Waals surface area contributed by atoms with Crippen LogP contribution in [0.5, 0.6) is 11.5 Å². The van der Waals surface area contributed by atoms with Crippen molar-refractivity contribution >= 4 is 69.2 Å². The molecule has 1 heterocycles. The number of carbonyl (C=O) groups excluding carboxylic acids is 1. The Labute approximate surface area is 195 Å². The molecule has 0 bridgehead atoms. The molecule has 0 spiro atoms. The van der Waals surface area contributed by atoms with E-state index in [1.807, 2.05) is 19.1 Å². The van der Waals surface area contributed by atoms with Gasteiger partial charge in [0.1, 0.15) is 0 Å². The summed E-state index contributed by atoms with van der Waals surface area (Å²) in [6.07, 6.45) is 4.20. The number of thioether (sulfide) groups is 1. The minimum absolute atomic E-state index is 0.220. The second kappa shape index (κ2) is 9.88. The molecule has 0 atom stereocenters. The minimum atomic E-state index is -0.220. The Kier molecular flexibility index (Phi) is 7.47. The van der Waals surface area contributed by atoms with Crippen LogP contribution in [0.4, 0.5) is 5.69 Å². The van der Waals surface area contributed by atoms with E-state index in [2.05, 4.69) is 6.58 Å². The summed E-state index contributed by atoms with van der Waals surface area (Å²) in [7, 11) is 1.60. The summed E-state index contributed by atoms with van der Waals surface area (Å²) in [6, 6.07) is 8.78. The van der Waals surface area contributed by atoms with Crippen LogP contribution < -0.4 is 14.4 Å². The highest BCUT2D eigenvalue weighted by Gasteiger charge is 2.33. The topological polar surface area (TPSA) is 38.8 Å². The molecule has 0 saturated carbocycles. The lowest BCUT2D eigenvalue weighted by Gasteiger charge is -2.15. The summed E-state index contributed by atoms with van der Waals surface area (Å²) in [5.41, 5.74) is 2.31. The standard InChI is InChI=1S/C22H19Cl2NO3S2/c1-4-6-14-9-13(10-18(28-5-2)20(14)27-3)11-19-21(26)25(22(29)30-19)15-7-8-16(23)17(24)12-15/h4,7-12H,1,5-6H2,2-3H3/b19-11-. The fraction of sp³-hybridized carbons (Fsp3) is 0.182. The quantitative estimate of drug-likeness (QED) is 0.256. The summed E-state index contributed by atoms with van der Waals surface area (Å²) in [5.74, 6) is 1.06. The monoisotopic (exact) mass is 479 g/mol. The highest BCUT2D eigenvalue weighted by Crippen LogP contribution is 2.39. The lowest BCUT2D eigenvalue weighted by molar-refractivity contribution is -0.113. The second-order valence-electron chi connectivity index (χ2n) is 6.25. The molecule has 0 N–H and O–H groups in total. The van der Waals surface area contributed by atoms with Crippen LogP contribution in [0.2, 0.25) is 10.0 Å². The van der Waals surface area contributed by atoms with Crippen LogP contribution >= 0.6 is 47.2 Å². The van der Waals surface area contributed by atoms with Crippen LogP contribution in [-0.2, 0) is 11.2 Å². The van der Waals surface area contributed by atoms with E-state index < -0.39 is 0 Å². The fourth-order valence-corrected chi connectivity index (χ4v) is 4.63. The first-order chi connectivity index (χ1) is 14.4. The molecule has 2 aromatic carbocycles. The Bertz CT molecular complexity index is 1050. The van der Waals surface area contributed by atoms with Gasteiger partial charge in [0.15, 0.2) is 15.8 Å². The molecule has 0 aromatic heterocycles. The van der Waals surface area contributed by atoms with Crippen molar-refractivity contribution in [3.63, 3.8) is 0 Å². The lowest BCUT2D eigenvalue weighted by Crippen LogP contribution is -2.27. The van der Waals surface area contributed by atoms with Gasteiger partial charge in [0.25, 0.3) is 5.91 Å². The maximum Gasteiger partial charge on any atom is 0.270 e. The summed E-state index contributed by atoms with van der Waals surface area (Å²) in [6.45, 7) is 6.20. The van der Waals surface area contributed by atoms with Gasteiger partial charge in [-0.05, 0) is 55.3 Å². The van der Waals surface area contributed by atoms with E-state index in [9.17, 15) is 4.79 Å². The van der Waals surface area contributed by atoms with Crippen LogP contribution in [0.15, 0.2) is 47.9 Å². The Balaban J connectivity index is 2.00. The molecule has 0 radical (unpaired) electrons. The predicted octanol–water partition coefficient (Wildman–Crippen LogP) is 6.54. The predicted molar refractivity (Wildman–Crippen MR) is 130 cm³/mol. The summed E-state index contributed by atoms with van der Waals surface area (Å²) in [4.78, 5) is 15.0. The van der Waals surface area contributed by atoms with Gasteiger partial charge in [-0.2, -0.15) is 0 Å². The number of hydrogen-bond donors (Lipinski definition) is 0. The number of thiocarbonyl (C=S) groups is 1. The van der Waals surface area contributed by atoms with Crippen LogP contribution in [0.1, 0.15) is 18.1 Å². The number of anilines is 1. The van der Waals surface area contributed by atoms with E-state index in [0.717, 1.165) is 11.1 Å².